The average Bonchev–Trinajstić information content (AvgIpc) is 2.51. The zero-order valence-electron chi connectivity index (χ0n) is 9.42. The lowest BCUT2D eigenvalue weighted by molar-refractivity contribution is 0.316. The molecule has 78 valence electrons. The lowest BCUT2D eigenvalue weighted by atomic mass is 9.89. The Balaban J connectivity index is 2.02. The van der Waals surface area contributed by atoms with Crippen LogP contribution in [0, 0.1) is 19.8 Å². The van der Waals surface area contributed by atoms with Crippen LogP contribution in [-0.4, -0.2) is 4.57 Å². The van der Waals surface area contributed by atoms with E-state index in [0.717, 1.165) is 5.92 Å². The second-order valence-corrected chi connectivity index (χ2v) is 4.73. The fourth-order valence-electron chi connectivity index (χ4n) is 2.62. The van der Waals surface area contributed by atoms with Gasteiger partial charge < -0.3 is 4.57 Å². The minimum absolute atomic E-state index is 0.938. The Morgan fingerprint density at radius 1 is 1.07 bits per heavy atom. The zero-order valence-corrected chi connectivity index (χ0v) is 9.42. The predicted molar refractivity (Wildman–Crippen MR) is 60.5 cm³/mol. The average molecular weight is 191 g/mol. The molecule has 14 heavy (non-hydrogen) atoms. The lowest BCUT2D eigenvalue weighted by Crippen LogP contribution is -2.15. The Hall–Kier alpha value is -0.720. The molecule has 0 aromatic carbocycles. The number of aromatic nitrogens is 1. The summed E-state index contributed by atoms with van der Waals surface area (Å²) in [6.07, 6.45) is 7.24. The number of rotatable bonds is 2. The molecule has 1 aromatic heterocycles. The van der Waals surface area contributed by atoms with Crippen LogP contribution in [0.5, 0.6) is 0 Å². The summed E-state index contributed by atoms with van der Waals surface area (Å²) in [6.45, 7) is 5.69. The van der Waals surface area contributed by atoms with Gasteiger partial charge in [0.15, 0.2) is 0 Å². The van der Waals surface area contributed by atoms with Gasteiger partial charge in [0.1, 0.15) is 0 Å². The van der Waals surface area contributed by atoms with E-state index in [-0.39, 0.29) is 0 Å². The second-order valence-electron chi connectivity index (χ2n) is 4.73. The van der Waals surface area contributed by atoms with Gasteiger partial charge in [0.2, 0.25) is 0 Å². The third kappa shape index (κ3) is 2.02. The van der Waals surface area contributed by atoms with Crippen molar-refractivity contribution in [2.24, 2.45) is 5.92 Å². The molecule has 0 spiro atoms. The van der Waals surface area contributed by atoms with Crippen molar-refractivity contribution in [1.29, 1.82) is 0 Å². The van der Waals surface area contributed by atoms with Crippen molar-refractivity contribution >= 4 is 0 Å². The third-order valence-electron chi connectivity index (χ3n) is 3.58. The van der Waals surface area contributed by atoms with E-state index in [1.54, 1.807) is 0 Å². The van der Waals surface area contributed by atoms with Gasteiger partial charge in [0.25, 0.3) is 0 Å². The SMILES string of the molecule is Cc1ccc(C)n1CC1CCCCC1. The number of hydrogen-bond donors (Lipinski definition) is 0. The molecule has 0 bridgehead atoms. The topological polar surface area (TPSA) is 4.93 Å². The third-order valence-corrected chi connectivity index (χ3v) is 3.58. The smallest absolute Gasteiger partial charge is 0.0252 e. The molecule has 0 amide bonds. The number of nitrogens with zero attached hydrogens (tertiary/aromatic N) is 1. The van der Waals surface area contributed by atoms with Gasteiger partial charge in [-0.3, -0.25) is 0 Å². The number of hydrogen-bond acceptors (Lipinski definition) is 0. The first kappa shape index (κ1) is 9.82. The molecule has 1 fully saturated rings. The first-order valence-corrected chi connectivity index (χ1v) is 5.90. The van der Waals surface area contributed by atoms with Crippen LogP contribution in [0.15, 0.2) is 12.1 Å². The highest BCUT2D eigenvalue weighted by Crippen LogP contribution is 2.26. The normalized spacial score (nSPS) is 18.7. The molecular weight excluding hydrogens is 170 g/mol. The largest absolute Gasteiger partial charge is 0.349 e. The first-order chi connectivity index (χ1) is 6.77. The van der Waals surface area contributed by atoms with Gasteiger partial charge in [-0.25, -0.2) is 0 Å². The zero-order chi connectivity index (χ0) is 9.97. The summed E-state index contributed by atoms with van der Waals surface area (Å²) in [4.78, 5) is 0. The molecule has 0 N–H and O–H groups in total. The Morgan fingerprint density at radius 2 is 1.64 bits per heavy atom. The van der Waals surface area contributed by atoms with E-state index in [0.29, 0.717) is 0 Å². The van der Waals surface area contributed by atoms with Crippen LogP contribution in [0.25, 0.3) is 0 Å². The fraction of sp³-hybridized carbons (Fsp3) is 0.692. The molecule has 1 saturated carbocycles. The number of aryl methyl sites for hydroxylation is 2. The molecule has 1 heteroatoms. The molecule has 0 atom stereocenters. The molecule has 1 heterocycles. The minimum atomic E-state index is 0.938. The van der Waals surface area contributed by atoms with Gasteiger partial charge in [0.05, 0.1) is 0 Å². The summed E-state index contributed by atoms with van der Waals surface area (Å²) in [7, 11) is 0. The second kappa shape index (κ2) is 4.20. The summed E-state index contributed by atoms with van der Waals surface area (Å²) >= 11 is 0. The molecule has 0 unspecified atom stereocenters. The van der Waals surface area contributed by atoms with Crippen LogP contribution in [0.1, 0.15) is 43.5 Å². The van der Waals surface area contributed by atoms with Crippen molar-refractivity contribution in [1.82, 2.24) is 4.57 Å². The maximum Gasteiger partial charge on any atom is 0.0252 e. The first-order valence-electron chi connectivity index (χ1n) is 5.90. The van der Waals surface area contributed by atoms with Crippen molar-refractivity contribution in [2.75, 3.05) is 0 Å². The summed E-state index contributed by atoms with van der Waals surface area (Å²) in [5, 5.41) is 0. The molecule has 0 saturated heterocycles. The lowest BCUT2D eigenvalue weighted by Gasteiger charge is -2.23. The Labute approximate surface area is 87.1 Å². The molecule has 0 radical (unpaired) electrons. The van der Waals surface area contributed by atoms with Crippen molar-refractivity contribution < 1.29 is 0 Å². The Morgan fingerprint density at radius 3 is 2.21 bits per heavy atom. The molecule has 1 aromatic rings. The molecule has 2 rings (SSSR count). The van der Waals surface area contributed by atoms with Crippen molar-refractivity contribution in [2.45, 2.75) is 52.5 Å². The van der Waals surface area contributed by atoms with E-state index in [1.807, 2.05) is 0 Å². The Bertz CT molecular complexity index is 273. The summed E-state index contributed by atoms with van der Waals surface area (Å²) in [5.41, 5.74) is 2.85. The van der Waals surface area contributed by atoms with E-state index in [9.17, 15) is 0 Å². The molecule has 1 nitrogen and oxygen atoms in total. The molecule has 1 aliphatic carbocycles. The maximum atomic E-state index is 2.48. The Kier molecular flexibility index (Phi) is 2.95. The summed E-state index contributed by atoms with van der Waals surface area (Å²) < 4.78 is 2.48. The summed E-state index contributed by atoms with van der Waals surface area (Å²) in [5.74, 6) is 0.938. The van der Waals surface area contributed by atoms with Gasteiger partial charge in [-0.1, -0.05) is 19.3 Å². The van der Waals surface area contributed by atoms with Crippen LogP contribution in [0.4, 0.5) is 0 Å². The molecule has 1 aliphatic rings. The van der Waals surface area contributed by atoms with Crippen LogP contribution >= 0.6 is 0 Å². The highest BCUT2D eigenvalue weighted by Gasteiger charge is 2.14. The fourth-order valence-corrected chi connectivity index (χ4v) is 2.62. The van der Waals surface area contributed by atoms with E-state index in [2.05, 4.69) is 30.5 Å². The summed E-state index contributed by atoms with van der Waals surface area (Å²) in [6, 6.07) is 4.47. The van der Waals surface area contributed by atoms with Gasteiger partial charge in [-0.2, -0.15) is 0 Å². The van der Waals surface area contributed by atoms with Gasteiger partial charge in [0, 0.05) is 17.9 Å². The van der Waals surface area contributed by atoms with Crippen LogP contribution in [0.3, 0.4) is 0 Å². The van der Waals surface area contributed by atoms with Crippen LogP contribution < -0.4 is 0 Å². The van der Waals surface area contributed by atoms with Gasteiger partial charge in [-0.15, -0.1) is 0 Å². The highest BCUT2D eigenvalue weighted by atomic mass is 15.0. The van der Waals surface area contributed by atoms with Crippen molar-refractivity contribution in [3.63, 3.8) is 0 Å². The quantitative estimate of drug-likeness (QED) is 0.672. The van der Waals surface area contributed by atoms with Gasteiger partial charge >= 0.3 is 0 Å². The minimum Gasteiger partial charge on any atom is -0.349 e. The van der Waals surface area contributed by atoms with Crippen LogP contribution in [0.2, 0.25) is 0 Å². The predicted octanol–water partition coefficient (Wildman–Crippen LogP) is 3.69. The standard InChI is InChI=1S/C13H21N/c1-11-8-9-12(2)14(11)10-13-6-4-3-5-7-13/h8-9,13H,3-7,10H2,1-2H3. The molecular formula is C13H21N. The molecule has 0 aliphatic heterocycles. The van der Waals surface area contributed by atoms with E-state index in [1.165, 1.54) is 50.0 Å². The highest BCUT2D eigenvalue weighted by molar-refractivity contribution is 5.13. The maximum absolute atomic E-state index is 2.48. The van der Waals surface area contributed by atoms with Crippen molar-refractivity contribution in [3.8, 4) is 0 Å². The van der Waals surface area contributed by atoms with E-state index >= 15 is 0 Å². The van der Waals surface area contributed by atoms with Crippen molar-refractivity contribution in [3.05, 3.63) is 23.5 Å². The van der Waals surface area contributed by atoms with Crippen LogP contribution in [-0.2, 0) is 6.54 Å². The van der Waals surface area contributed by atoms with Gasteiger partial charge in [-0.05, 0) is 44.7 Å². The van der Waals surface area contributed by atoms with E-state index in [4.69, 9.17) is 0 Å². The monoisotopic (exact) mass is 191 g/mol. The van der Waals surface area contributed by atoms with E-state index < -0.39 is 0 Å².